The van der Waals surface area contributed by atoms with E-state index in [1.807, 2.05) is 31.2 Å². The molecule has 23 heavy (non-hydrogen) atoms. The zero-order chi connectivity index (χ0) is 16.8. The van der Waals surface area contributed by atoms with Crippen molar-refractivity contribution < 1.29 is 14.5 Å². The number of ether oxygens (including phenoxy) is 1. The molecule has 0 atom stereocenters. The zero-order valence-corrected chi connectivity index (χ0v) is 13.0. The van der Waals surface area contributed by atoms with Crippen LogP contribution >= 0.6 is 0 Å². The van der Waals surface area contributed by atoms with Crippen LogP contribution in [-0.2, 0) is 0 Å². The van der Waals surface area contributed by atoms with Crippen LogP contribution in [0.2, 0.25) is 0 Å². The third kappa shape index (κ3) is 4.06. The number of nitro benzene ring substituents is 1. The standard InChI is InChI=1S/C17H18N2O4/c1-12-6-3-4-9-16(12)23-11-10-18-17(20)14-7-5-8-15(13(14)2)19(21)22/h3-9H,10-11H2,1-2H3,(H,18,20). The number of aryl methyl sites for hydroxylation is 1. The second-order valence-corrected chi connectivity index (χ2v) is 5.08. The van der Waals surface area contributed by atoms with Gasteiger partial charge in [0.05, 0.1) is 11.5 Å². The third-order valence-electron chi connectivity index (χ3n) is 3.49. The van der Waals surface area contributed by atoms with Crippen LogP contribution in [0.5, 0.6) is 5.75 Å². The first kappa shape index (κ1) is 16.5. The molecule has 0 bridgehead atoms. The van der Waals surface area contributed by atoms with Crippen molar-refractivity contribution in [2.24, 2.45) is 0 Å². The number of hydrogen-bond acceptors (Lipinski definition) is 4. The van der Waals surface area contributed by atoms with Gasteiger partial charge in [-0.05, 0) is 31.5 Å². The fourth-order valence-corrected chi connectivity index (χ4v) is 2.21. The van der Waals surface area contributed by atoms with Crippen molar-refractivity contribution in [3.05, 3.63) is 69.3 Å². The van der Waals surface area contributed by atoms with Crippen molar-refractivity contribution in [2.45, 2.75) is 13.8 Å². The highest BCUT2D eigenvalue weighted by molar-refractivity contribution is 5.96. The highest BCUT2D eigenvalue weighted by Gasteiger charge is 2.17. The van der Waals surface area contributed by atoms with Gasteiger partial charge in [-0.1, -0.05) is 24.3 Å². The number of rotatable bonds is 6. The molecule has 6 nitrogen and oxygen atoms in total. The van der Waals surface area contributed by atoms with Crippen molar-refractivity contribution in [3.63, 3.8) is 0 Å². The van der Waals surface area contributed by atoms with Crippen LogP contribution in [0, 0.1) is 24.0 Å². The molecule has 0 spiro atoms. The minimum absolute atomic E-state index is 0.0613. The summed E-state index contributed by atoms with van der Waals surface area (Å²) >= 11 is 0. The molecule has 0 radical (unpaired) electrons. The topological polar surface area (TPSA) is 81.5 Å². The van der Waals surface area contributed by atoms with E-state index in [0.717, 1.165) is 11.3 Å². The molecule has 0 aliphatic carbocycles. The van der Waals surface area contributed by atoms with E-state index in [-0.39, 0.29) is 11.6 Å². The fourth-order valence-electron chi connectivity index (χ4n) is 2.21. The molecular weight excluding hydrogens is 296 g/mol. The molecule has 0 aromatic heterocycles. The number of amides is 1. The lowest BCUT2D eigenvalue weighted by atomic mass is 10.1. The van der Waals surface area contributed by atoms with Gasteiger partial charge in [0.25, 0.3) is 11.6 Å². The summed E-state index contributed by atoms with van der Waals surface area (Å²) in [6, 6.07) is 12.1. The van der Waals surface area contributed by atoms with Crippen molar-refractivity contribution in [1.82, 2.24) is 5.32 Å². The molecule has 0 saturated carbocycles. The number of nitrogens with one attached hydrogen (secondary N) is 1. The first-order chi connectivity index (χ1) is 11.0. The third-order valence-corrected chi connectivity index (χ3v) is 3.49. The van der Waals surface area contributed by atoms with E-state index in [4.69, 9.17) is 4.74 Å². The Labute approximate surface area is 134 Å². The van der Waals surface area contributed by atoms with Crippen LogP contribution in [0.25, 0.3) is 0 Å². The number of hydrogen-bond donors (Lipinski definition) is 1. The van der Waals surface area contributed by atoms with Crippen LogP contribution in [0.15, 0.2) is 42.5 Å². The molecule has 2 rings (SSSR count). The Hall–Kier alpha value is -2.89. The van der Waals surface area contributed by atoms with Gasteiger partial charge in [0, 0.05) is 17.2 Å². The number of carbonyl (C=O) groups is 1. The minimum atomic E-state index is -0.493. The van der Waals surface area contributed by atoms with E-state index in [1.165, 1.54) is 12.1 Å². The lowest BCUT2D eigenvalue weighted by molar-refractivity contribution is -0.385. The zero-order valence-electron chi connectivity index (χ0n) is 13.0. The van der Waals surface area contributed by atoms with Crippen LogP contribution in [0.3, 0.4) is 0 Å². The highest BCUT2D eigenvalue weighted by atomic mass is 16.6. The SMILES string of the molecule is Cc1ccccc1OCCNC(=O)c1cccc([N+](=O)[O-])c1C. The number of para-hydroxylation sites is 1. The van der Waals surface area contributed by atoms with E-state index in [0.29, 0.717) is 24.3 Å². The first-order valence-electron chi connectivity index (χ1n) is 7.21. The average molecular weight is 314 g/mol. The monoisotopic (exact) mass is 314 g/mol. The van der Waals surface area contributed by atoms with Gasteiger partial charge >= 0.3 is 0 Å². The molecule has 0 aliphatic heterocycles. The van der Waals surface area contributed by atoms with Crippen LogP contribution < -0.4 is 10.1 Å². The van der Waals surface area contributed by atoms with Crippen molar-refractivity contribution >= 4 is 11.6 Å². The lowest BCUT2D eigenvalue weighted by Gasteiger charge is -2.10. The Balaban J connectivity index is 1.92. The summed E-state index contributed by atoms with van der Waals surface area (Å²) in [6.45, 7) is 4.15. The summed E-state index contributed by atoms with van der Waals surface area (Å²) in [5.41, 5.74) is 1.62. The molecule has 6 heteroatoms. The van der Waals surface area contributed by atoms with Crippen molar-refractivity contribution in [2.75, 3.05) is 13.2 Å². The van der Waals surface area contributed by atoms with E-state index in [1.54, 1.807) is 13.0 Å². The van der Waals surface area contributed by atoms with Crippen LogP contribution in [0.4, 0.5) is 5.69 Å². The molecule has 2 aromatic carbocycles. The van der Waals surface area contributed by atoms with Gasteiger partial charge in [-0.3, -0.25) is 14.9 Å². The number of benzene rings is 2. The van der Waals surface area contributed by atoms with Gasteiger partial charge < -0.3 is 10.1 Å². The second kappa shape index (κ2) is 7.40. The molecule has 1 N–H and O–H groups in total. The molecule has 0 aliphatic rings. The van der Waals surface area contributed by atoms with E-state index < -0.39 is 4.92 Å². The summed E-state index contributed by atoms with van der Waals surface area (Å²) in [7, 11) is 0. The minimum Gasteiger partial charge on any atom is -0.491 e. The molecule has 0 heterocycles. The maximum Gasteiger partial charge on any atom is 0.273 e. The average Bonchev–Trinajstić information content (AvgIpc) is 2.52. The van der Waals surface area contributed by atoms with Gasteiger partial charge in [-0.15, -0.1) is 0 Å². The van der Waals surface area contributed by atoms with E-state index >= 15 is 0 Å². The second-order valence-electron chi connectivity index (χ2n) is 5.08. The predicted molar refractivity (Wildman–Crippen MR) is 86.8 cm³/mol. The Bertz CT molecular complexity index is 728. The number of nitro groups is 1. The predicted octanol–water partition coefficient (Wildman–Crippen LogP) is 3.02. The van der Waals surface area contributed by atoms with Gasteiger partial charge in [0.15, 0.2) is 0 Å². The van der Waals surface area contributed by atoms with Gasteiger partial charge in [-0.2, -0.15) is 0 Å². The highest BCUT2D eigenvalue weighted by Crippen LogP contribution is 2.21. The molecule has 0 saturated heterocycles. The van der Waals surface area contributed by atoms with Crippen LogP contribution in [-0.4, -0.2) is 24.0 Å². The van der Waals surface area contributed by atoms with Crippen LogP contribution in [0.1, 0.15) is 21.5 Å². The largest absolute Gasteiger partial charge is 0.491 e. The fraction of sp³-hybridized carbons (Fsp3) is 0.235. The van der Waals surface area contributed by atoms with Crippen molar-refractivity contribution in [1.29, 1.82) is 0 Å². The smallest absolute Gasteiger partial charge is 0.273 e. The van der Waals surface area contributed by atoms with Gasteiger partial charge in [-0.25, -0.2) is 0 Å². The summed E-state index contributed by atoms with van der Waals surface area (Å²) in [6.07, 6.45) is 0. The number of nitrogens with zero attached hydrogens (tertiary/aromatic N) is 1. The normalized spacial score (nSPS) is 10.2. The quantitative estimate of drug-likeness (QED) is 0.505. The first-order valence-corrected chi connectivity index (χ1v) is 7.21. The Morgan fingerprint density at radius 1 is 1.17 bits per heavy atom. The Morgan fingerprint density at radius 3 is 2.61 bits per heavy atom. The number of carbonyl (C=O) groups excluding carboxylic acids is 1. The van der Waals surface area contributed by atoms with E-state index in [2.05, 4.69) is 5.32 Å². The van der Waals surface area contributed by atoms with E-state index in [9.17, 15) is 14.9 Å². The summed E-state index contributed by atoms with van der Waals surface area (Å²) in [4.78, 5) is 22.5. The van der Waals surface area contributed by atoms with Gasteiger partial charge in [0.2, 0.25) is 0 Å². The Kier molecular flexibility index (Phi) is 5.30. The molecule has 0 unspecified atom stereocenters. The lowest BCUT2D eigenvalue weighted by Crippen LogP contribution is -2.28. The maximum atomic E-state index is 12.1. The summed E-state index contributed by atoms with van der Waals surface area (Å²) < 4.78 is 5.59. The molecule has 0 fully saturated rings. The molecule has 1 amide bonds. The molecular formula is C17H18N2O4. The summed E-state index contributed by atoms with van der Waals surface area (Å²) in [5, 5.41) is 13.6. The molecule has 2 aromatic rings. The Morgan fingerprint density at radius 2 is 1.91 bits per heavy atom. The maximum absolute atomic E-state index is 12.1. The van der Waals surface area contributed by atoms with Crippen molar-refractivity contribution in [3.8, 4) is 5.75 Å². The molecule has 120 valence electrons. The summed E-state index contributed by atoms with van der Waals surface area (Å²) in [5.74, 6) is 0.424. The van der Waals surface area contributed by atoms with Gasteiger partial charge in [0.1, 0.15) is 12.4 Å².